The van der Waals surface area contributed by atoms with Crippen LogP contribution in [0.3, 0.4) is 0 Å². The van der Waals surface area contributed by atoms with Crippen LogP contribution in [0.15, 0.2) is 0 Å². The van der Waals surface area contributed by atoms with Gasteiger partial charge in [0.25, 0.3) is 0 Å². The molecule has 24 heavy (non-hydrogen) atoms. The van der Waals surface area contributed by atoms with Crippen LogP contribution < -0.4 is 0 Å². The molecule has 0 aromatic carbocycles. The Balaban J connectivity index is 3.07. The van der Waals surface area contributed by atoms with Crippen molar-refractivity contribution in [1.82, 2.24) is 0 Å². The maximum Gasteiger partial charge on any atom is 0.357 e. The second kappa shape index (κ2) is 19.9. The minimum atomic E-state index is -2.41. The van der Waals surface area contributed by atoms with Crippen LogP contribution in [0.1, 0.15) is 104 Å². The van der Waals surface area contributed by atoms with E-state index in [9.17, 15) is 0 Å². The molecule has 1 atom stereocenters. The molecule has 2 N–H and O–H groups in total. The quantitative estimate of drug-likeness (QED) is 0.0855. The Morgan fingerprint density at radius 1 is 0.750 bits per heavy atom. The Kier molecular flexibility index (Phi) is 20.5. The van der Waals surface area contributed by atoms with Gasteiger partial charge in [-0.3, -0.25) is 0 Å². The van der Waals surface area contributed by atoms with Gasteiger partial charge in [-0.1, -0.05) is 90.4 Å². The number of thioether (sulfide) groups is 1. The largest absolute Gasteiger partial charge is 0.357 e. The Bertz CT molecular complexity index is 245. The van der Waals surface area contributed by atoms with Gasteiger partial charge in [0.2, 0.25) is 0 Å². The molecule has 146 valence electrons. The highest BCUT2D eigenvalue weighted by atomic mass is 32.2. The summed E-state index contributed by atoms with van der Waals surface area (Å²) < 4.78 is 4.33. The summed E-state index contributed by atoms with van der Waals surface area (Å²) in [6.45, 7) is 4.13. The number of unbranched alkanes of at least 4 members (excludes halogenated alkanes) is 13. The van der Waals surface area contributed by atoms with Gasteiger partial charge >= 0.3 is 8.60 Å². The van der Waals surface area contributed by atoms with Crippen molar-refractivity contribution < 1.29 is 19.3 Å². The van der Waals surface area contributed by atoms with Crippen LogP contribution in [0.2, 0.25) is 0 Å². The van der Waals surface area contributed by atoms with E-state index in [1.807, 2.05) is 6.92 Å². The normalized spacial score (nSPS) is 12.9. The third kappa shape index (κ3) is 20.7. The molecule has 0 saturated carbocycles. The molecule has 0 rings (SSSR count). The van der Waals surface area contributed by atoms with Gasteiger partial charge in [-0.25, -0.2) is 4.89 Å². The number of rotatable bonds is 19. The van der Waals surface area contributed by atoms with E-state index >= 15 is 0 Å². The second-order valence-electron chi connectivity index (χ2n) is 6.46. The minimum Gasteiger partial charge on any atom is -0.327 e. The molecule has 0 aliphatic rings. The van der Waals surface area contributed by atoms with Gasteiger partial charge in [0, 0.05) is 0 Å². The molecule has 0 aliphatic heterocycles. The molecule has 0 spiro atoms. The predicted molar refractivity (Wildman–Crippen MR) is 106 cm³/mol. The smallest absolute Gasteiger partial charge is 0.327 e. The summed E-state index contributed by atoms with van der Waals surface area (Å²) in [4.78, 5) is 22.0. The molecule has 1 unspecified atom stereocenters. The van der Waals surface area contributed by atoms with Crippen LogP contribution >= 0.6 is 20.4 Å². The fourth-order valence-electron chi connectivity index (χ4n) is 2.67. The van der Waals surface area contributed by atoms with E-state index in [0.717, 1.165) is 5.75 Å². The highest BCUT2D eigenvalue weighted by molar-refractivity contribution is 7.99. The molecule has 0 saturated heterocycles. The average Bonchev–Trinajstić information content (AvgIpc) is 2.56. The molecule has 0 aliphatic carbocycles. The predicted octanol–water partition coefficient (Wildman–Crippen LogP) is 6.71. The van der Waals surface area contributed by atoms with E-state index in [0.29, 0.717) is 0 Å². The fourth-order valence-corrected chi connectivity index (χ4v) is 3.73. The Morgan fingerprint density at radius 3 is 1.58 bits per heavy atom. The van der Waals surface area contributed by atoms with Gasteiger partial charge in [-0.2, -0.15) is 4.67 Å². The zero-order valence-electron chi connectivity index (χ0n) is 15.8. The molecule has 0 radical (unpaired) electrons. The van der Waals surface area contributed by atoms with Crippen LogP contribution in [-0.2, 0) is 9.56 Å². The Hall–Kier alpha value is 0.620. The summed E-state index contributed by atoms with van der Waals surface area (Å²) in [5, 5.41) is 0. The van der Waals surface area contributed by atoms with Crippen molar-refractivity contribution in [2.24, 2.45) is 0 Å². The summed E-state index contributed by atoms with van der Waals surface area (Å²) in [7, 11) is -2.41. The van der Waals surface area contributed by atoms with Gasteiger partial charge < -0.3 is 9.79 Å². The standard InChI is InChI=1S/C18H39O4PS/c1-3-4-5-6-7-8-9-10-11-12-13-14-15-16-17-24-18(2)21-22-23(19)20/h18-20H,3-17H2,1-2H3. The summed E-state index contributed by atoms with van der Waals surface area (Å²) in [6.07, 6.45) is 19.2. The van der Waals surface area contributed by atoms with Crippen LogP contribution in [-0.4, -0.2) is 21.0 Å². The van der Waals surface area contributed by atoms with E-state index in [-0.39, 0.29) is 5.44 Å². The minimum absolute atomic E-state index is 0.156. The van der Waals surface area contributed by atoms with Crippen molar-refractivity contribution in [2.75, 3.05) is 5.75 Å². The SMILES string of the molecule is CCCCCCCCCCCCCCCCSC(C)OOP(O)O. The first kappa shape index (κ1) is 24.6. The van der Waals surface area contributed by atoms with Gasteiger partial charge in [-0.15, -0.1) is 11.8 Å². The average molecular weight is 383 g/mol. The summed E-state index contributed by atoms with van der Waals surface area (Å²) in [6, 6.07) is 0. The maximum absolute atomic E-state index is 8.57. The molecule has 6 heteroatoms. The maximum atomic E-state index is 8.57. The molecule has 0 bridgehead atoms. The second-order valence-corrected chi connectivity index (χ2v) is 8.52. The zero-order chi connectivity index (χ0) is 17.9. The first-order valence-corrected chi connectivity index (χ1v) is 12.0. The van der Waals surface area contributed by atoms with E-state index in [1.165, 1.54) is 89.9 Å². The zero-order valence-corrected chi connectivity index (χ0v) is 17.5. The van der Waals surface area contributed by atoms with Gasteiger partial charge in [-0.05, 0) is 19.1 Å². The first-order chi connectivity index (χ1) is 11.7. The van der Waals surface area contributed by atoms with Crippen molar-refractivity contribution in [2.45, 2.75) is 109 Å². The number of hydrogen-bond donors (Lipinski definition) is 2. The summed E-state index contributed by atoms with van der Waals surface area (Å²) >= 11 is 1.64. The lowest BCUT2D eigenvalue weighted by atomic mass is 10.0. The van der Waals surface area contributed by atoms with E-state index < -0.39 is 8.60 Å². The molecule has 0 aromatic rings. The fraction of sp³-hybridized carbons (Fsp3) is 1.00. The van der Waals surface area contributed by atoms with Crippen molar-refractivity contribution >= 4 is 20.4 Å². The van der Waals surface area contributed by atoms with E-state index in [2.05, 4.69) is 11.6 Å². The highest BCUT2D eigenvalue weighted by Crippen LogP contribution is 2.27. The van der Waals surface area contributed by atoms with Gasteiger partial charge in [0.05, 0.1) is 0 Å². The Labute approximate surface area is 155 Å². The van der Waals surface area contributed by atoms with Crippen molar-refractivity contribution in [3.05, 3.63) is 0 Å². The van der Waals surface area contributed by atoms with Gasteiger partial charge in [0.15, 0.2) is 0 Å². The van der Waals surface area contributed by atoms with Crippen molar-refractivity contribution in [3.63, 3.8) is 0 Å². The van der Waals surface area contributed by atoms with E-state index in [1.54, 1.807) is 11.8 Å². The Morgan fingerprint density at radius 2 is 1.17 bits per heavy atom. The van der Waals surface area contributed by atoms with Crippen molar-refractivity contribution in [3.8, 4) is 0 Å². The summed E-state index contributed by atoms with van der Waals surface area (Å²) in [5.74, 6) is 1.03. The van der Waals surface area contributed by atoms with E-state index in [4.69, 9.17) is 14.7 Å². The first-order valence-electron chi connectivity index (χ1n) is 9.79. The van der Waals surface area contributed by atoms with Gasteiger partial charge in [0.1, 0.15) is 5.44 Å². The molecular formula is C18H39O4PS. The third-order valence-corrected chi connectivity index (χ3v) is 5.39. The molecule has 0 heterocycles. The van der Waals surface area contributed by atoms with Crippen LogP contribution in [0.5, 0.6) is 0 Å². The molecule has 0 fully saturated rings. The monoisotopic (exact) mass is 382 g/mol. The lowest BCUT2D eigenvalue weighted by Gasteiger charge is -2.11. The molecule has 0 aromatic heterocycles. The molecule has 4 nitrogen and oxygen atoms in total. The molecule has 0 amide bonds. The summed E-state index contributed by atoms with van der Waals surface area (Å²) in [5.41, 5.74) is -0.156. The highest BCUT2D eigenvalue weighted by Gasteiger charge is 2.07. The number of hydrogen-bond acceptors (Lipinski definition) is 5. The lowest BCUT2D eigenvalue weighted by Crippen LogP contribution is -2.03. The topological polar surface area (TPSA) is 58.9 Å². The van der Waals surface area contributed by atoms with Crippen LogP contribution in [0.25, 0.3) is 0 Å². The van der Waals surface area contributed by atoms with Crippen LogP contribution in [0.4, 0.5) is 0 Å². The lowest BCUT2D eigenvalue weighted by molar-refractivity contribution is -0.220. The van der Waals surface area contributed by atoms with Crippen molar-refractivity contribution in [1.29, 1.82) is 0 Å². The van der Waals surface area contributed by atoms with Crippen LogP contribution in [0, 0.1) is 0 Å². The molecular weight excluding hydrogens is 343 g/mol. The third-order valence-electron chi connectivity index (χ3n) is 4.10.